The van der Waals surface area contributed by atoms with Crippen LogP contribution in [0, 0.1) is 0 Å². The number of halogens is 1. The van der Waals surface area contributed by atoms with Gasteiger partial charge in [-0.1, -0.05) is 30.7 Å². The molecule has 0 saturated carbocycles. The van der Waals surface area contributed by atoms with Crippen LogP contribution < -0.4 is 10.2 Å². The van der Waals surface area contributed by atoms with E-state index in [2.05, 4.69) is 10.2 Å². The van der Waals surface area contributed by atoms with Crippen LogP contribution in [-0.2, 0) is 14.3 Å². The molecule has 1 aromatic carbocycles. The lowest BCUT2D eigenvalue weighted by Gasteiger charge is -2.31. The van der Waals surface area contributed by atoms with Crippen LogP contribution in [-0.4, -0.2) is 50.8 Å². The number of amides is 1. The second kappa shape index (κ2) is 8.73. The molecule has 0 radical (unpaired) electrons. The lowest BCUT2D eigenvalue weighted by Crippen LogP contribution is -2.49. The second-order valence-corrected chi connectivity index (χ2v) is 8.58. The number of nitrogens with one attached hydrogen (secondary N) is 1. The SMILES string of the molecule is CCCOC(=O)C1NC(=O)c2sc(N3CCOCC3)cc2C1c1ccc(Cl)cc1. The number of hydrogen-bond acceptors (Lipinski definition) is 6. The van der Waals surface area contributed by atoms with Crippen LogP contribution in [0.5, 0.6) is 0 Å². The van der Waals surface area contributed by atoms with Crippen LogP contribution in [0.3, 0.4) is 0 Å². The Morgan fingerprint density at radius 3 is 2.72 bits per heavy atom. The smallest absolute Gasteiger partial charge is 0.329 e. The molecule has 154 valence electrons. The maximum Gasteiger partial charge on any atom is 0.329 e. The van der Waals surface area contributed by atoms with Crippen LogP contribution in [0.4, 0.5) is 5.00 Å². The molecule has 0 bridgehead atoms. The number of rotatable bonds is 5. The fourth-order valence-electron chi connectivity index (χ4n) is 3.74. The molecule has 0 spiro atoms. The summed E-state index contributed by atoms with van der Waals surface area (Å²) in [6.07, 6.45) is 0.725. The molecule has 1 N–H and O–H groups in total. The molecule has 1 fully saturated rings. The highest BCUT2D eigenvalue weighted by atomic mass is 35.5. The second-order valence-electron chi connectivity index (χ2n) is 7.12. The summed E-state index contributed by atoms with van der Waals surface area (Å²) in [6, 6.07) is 8.69. The van der Waals surface area contributed by atoms with Crippen molar-refractivity contribution in [2.24, 2.45) is 0 Å². The predicted molar refractivity (Wildman–Crippen MR) is 113 cm³/mol. The molecular weight excluding hydrogens is 412 g/mol. The first-order valence-electron chi connectivity index (χ1n) is 9.78. The number of carbonyl (C=O) groups is 2. The number of carbonyl (C=O) groups excluding carboxylic acids is 2. The molecule has 6 nitrogen and oxygen atoms in total. The Morgan fingerprint density at radius 1 is 1.31 bits per heavy atom. The maximum atomic E-state index is 12.8. The van der Waals surface area contributed by atoms with E-state index < -0.39 is 12.0 Å². The monoisotopic (exact) mass is 434 g/mol. The zero-order valence-electron chi connectivity index (χ0n) is 16.2. The summed E-state index contributed by atoms with van der Waals surface area (Å²) >= 11 is 7.53. The number of esters is 1. The van der Waals surface area contributed by atoms with Crippen LogP contribution in [0.15, 0.2) is 30.3 Å². The van der Waals surface area contributed by atoms with Crippen molar-refractivity contribution in [3.63, 3.8) is 0 Å². The molecule has 1 saturated heterocycles. The van der Waals surface area contributed by atoms with Gasteiger partial charge in [-0.25, -0.2) is 4.79 Å². The number of thiophene rings is 1. The molecule has 29 heavy (non-hydrogen) atoms. The number of ether oxygens (including phenoxy) is 2. The van der Waals surface area contributed by atoms with E-state index >= 15 is 0 Å². The fourth-order valence-corrected chi connectivity index (χ4v) is 5.03. The lowest BCUT2D eigenvalue weighted by atomic mass is 9.82. The van der Waals surface area contributed by atoms with E-state index in [9.17, 15) is 9.59 Å². The summed E-state index contributed by atoms with van der Waals surface area (Å²) < 4.78 is 10.8. The summed E-state index contributed by atoms with van der Waals surface area (Å²) in [6.45, 7) is 5.18. The van der Waals surface area contributed by atoms with Crippen molar-refractivity contribution in [3.8, 4) is 0 Å². The van der Waals surface area contributed by atoms with E-state index in [1.165, 1.54) is 11.3 Å². The summed E-state index contributed by atoms with van der Waals surface area (Å²) in [5.41, 5.74) is 1.78. The Bertz CT molecular complexity index is 893. The largest absolute Gasteiger partial charge is 0.464 e. The lowest BCUT2D eigenvalue weighted by molar-refractivity contribution is -0.146. The molecule has 0 aliphatic carbocycles. The number of benzene rings is 1. The van der Waals surface area contributed by atoms with Gasteiger partial charge in [-0.15, -0.1) is 11.3 Å². The molecule has 1 aromatic heterocycles. The first-order valence-corrected chi connectivity index (χ1v) is 11.0. The molecule has 2 unspecified atom stereocenters. The third kappa shape index (κ3) is 4.13. The average Bonchev–Trinajstić information content (AvgIpc) is 3.19. The van der Waals surface area contributed by atoms with Crippen LogP contribution >= 0.6 is 22.9 Å². The van der Waals surface area contributed by atoms with Gasteiger partial charge >= 0.3 is 5.97 Å². The van der Waals surface area contributed by atoms with Crippen molar-refractivity contribution in [1.82, 2.24) is 5.32 Å². The van der Waals surface area contributed by atoms with Gasteiger partial charge in [-0.2, -0.15) is 0 Å². The first-order chi connectivity index (χ1) is 14.1. The zero-order chi connectivity index (χ0) is 20.4. The van der Waals surface area contributed by atoms with Gasteiger partial charge in [-0.05, 0) is 35.7 Å². The Labute approximate surface area is 178 Å². The molecule has 2 aromatic rings. The summed E-state index contributed by atoms with van der Waals surface area (Å²) in [5.74, 6) is -0.964. The molecular formula is C21H23ClN2O4S. The molecule has 3 heterocycles. The normalized spacial score (nSPS) is 21.4. The van der Waals surface area contributed by atoms with E-state index in [-0.39, 0.29) is 11.8 Å². The molecule has 2 atom stereocenters. The van der Waals surface area contributed by atoms with Gasteiger partial charge in [0, 0.05) is 24.0 Å². The Kier molecular flexibility index (Phi) is 6.08. The van der Waals surface area contributed by atoms with Crippen LogP contribution in [0.25, 0.3) is 0 Å². The molecule has 1 amide bonds. The minimum atomic E-state index is -0.769. The molecule has 2 aliphatic heterocycles. The molecule has 4 rings (SSSR count). The van der Waals surface area contributed by atoms with E-state index in [0.717, 1.165) is 35.6 Å². The first kappa shape index (κ1) is 20.2. The van der Waals surface area contributed by atoms with E-state index in [1.807, 2.05) is 25.1 Å². The van der Waals surface area contributed by atoms with Gasteiger partial charge in [0.1, 0.15) is 6.04 Å². The quantitative estimate of drug-likeness (QED) is 0.730. The van der Waals surface area contributed by atoms with Crippen molar-refractivity contribution in [2.45, 2.75) is 25.3 Å². The standard InChI is InChI=1S/C21H23ClN2O4S/c1-2-9-28-21(26)18-17(13-3-5-14(22)6-4-13)15-12-16(24-7-10-27-11-8-24)29-19(15)20(25)23-18/h3-6,12,17-18H,2,7-11H2,1H3,(H,23,25). The third-order valence-electron chi connectivity index (χ3n) is 5.16. The Balaban J connectivity index is 1.74. The van der Waals surface area contributed by atoms with Gasteiger partial charge in [0.25, 0.3) is 5.91 Å². The van der Waals surface area contributed by atoms with Gasteiger partial charge in [0.15, 0.2) is 0 Å². The zero-order valence-corrected chi connectivity index (χ0v) is 17.7. The summed E-state index contributed by atoms with van der Waals surface area (Å²) in [4.78, 5) is 28.5. The number of hydrogen-bond donors (Lipinski definition) is 1. The van der Waals surface area contributed by atoms with E-state index in [1.54, 1.807) is 12.1 Å². The van der Waals surface area contributed by atoms with Gasteiger partial charge in [0.2, 0.25) is 0 Å². The highest BCUT2D eigenvalue weighted by Gasteiger charge is 2.41. The minimum absolute atomic E-state index is 0.229. The molecule has 8 heteroatoms. The molecule has 2 aliphatic rings. The summed E-state index contributed by atoms with van der Waals surface area (Å²) in [7, 11) is 0. The Hall–Kier alpha value is -2.09. The van der Waals surface area contributed by atoms with Crippen molar-refractivity contribution >= 4 is 39.8 Å². The van der Waals surface area contributed by atoms with Gasteiger partial charge < -0.3 is 19.7 Å². The van der Waals surface area contributed by atoms with E-state index in [0.29, 0.717) is 29.7 Å². The van der Waals surface area contributed by atoms with Gasteiger partial charge in [0.05, 0.1) is 29.7 Å². The average molecular weight is 435 g/mol. The van der Waals surface area contributed by atoms with Crippen LogP contribution in [0.1, 0.15) is 40.1 Å². The fraction of sp³-hybridized carbons (Fsp3) is 0.429. The van der Waals surface area contributed by atoms with Crippen molar-refractivity contribution < 1.29 is 19.1 Å². The maximum absolute atomic E-state index is 12.8. The van der Waals surface area contributed by atoms with Crippen molar-refractivity contribution in [3.05, 3.63) is 51.4 Å². The van der Waals surface area contributed by atoms with Crippen LogP contribution in [0.2, 0.25) is 5.02 Å². The van der Waals surface area contributed by atoms with Gasteiger partial charge in [-0.3, -0.25) is 4.79 Å². The van der Waals surface area contributed by atoms with Crippen molar-refractivity contribution in [1.29, 1.82) is 0 Å². The number of nitrogens with zero attached hydrogens (tertiary/aromatic N) is 1. The number of anilines is 1. The minimum Gasteiger partial charge on any atom is -0.464 e. The summed E-state index contributed by atoms with van der Waals surface area (Å²) in [5, 5.41) is 4.53. The number of fused-ring (bicyclic) bond motifs is 1. The Morgan fingerprint density at radius 2 is 2.03 bits per heavy atom. The topological polar surface area (TPSA) is 67.9 Å². The van der Waals surface area contributed by atoms with E-state index in [4.69, 9.17) is 21.1 Å². The third-order valence-corrected chi connectivity index (χ3v) is 6.63. The highest BCUT2D eigenvalue weighted by Crippen LogP contribution is 2.42. The number of morpholine rings is 1. The predicted octanol–water partition coefficient (Wildman–Crippen LogP) is 3.44. The highest BCUT2D eigenvalue weighted by molar-refractivity contribution is 7.18. The van der Waals surface area contributed by atoms with Crippen molar-refractivity contribution in [2.75, 3.05) is 37.8 Å².